The van der Waals surface area contributed by atoms with Gasteiger partial charge in [-0.15, -0.1) is 0 Å². The molecular formula is C14H21FN2O2. The van der Waals surface area contributed by atoms with Crippen LogP contribution in [-0.4, -0.2) is 42.1 Å². The number of likely N-dealkylation sites (N-methyl/N-ethyl adjacent to an activating group) is 1. The zero-order valence-corrected chi connectivity index (χ0v) is 11.6. The van der Waals surface area contributed by atoms with Crippen molar-refractivity contribution in [3.05, 3.63) is 35.6 Å². The van der Waals surface area contributed by atoms with E-state index in [-0.39, 0.29) is 24.3 Å². The van der Waals surface area contributed by atoms with E-state index < -0.39 is 6.10 Å². The second kappa shape index (κ2) is 7.21. The molecule has 19 heavy (non-hydrogen) atoms. The van der Waals surface area contributed by atoms with E-state index in [9.17, 15) is 14.3 Å². The number of hydrogen-bond acceptors (Lipinski definition) is 3. The highest BCUT2D eigenvalue weighted by Gasteiger charge is 2.13. The standard InChI is InChI=1S/C14H21FN2O2/c1-10(2)16-14(19)9-17(3)8-13(18)11-4-6-12(15)7-5-11/h4-7,10,13,18H,8-9H2,1-3H3,(H,16,19). The minimum atomic E-state index is -0.738. The summed E-state index contributed by atoms with van der Waals surface area (Å²) >= 11 is 0. The molecule has 0 aliphatic heterocycles. The fourth-order valence-corrected chi connectivity index (χ4v) is 1.76. The van der Waals surface area contributed by atoms with Crippen molar-refractivity contribution in [2.45, 2.75) is 26.0 Å². The average Bonchev–Trinajstić information content (AvgIpc) is 2.27. The third-order valence-electron chi connectivity index (χ3n) is 2.60. The van der Waals surface area contributed by atoms with E-state index in [0.717, 1.165) is 0 Å². The van der Waals surface area contributed by atoms with Crippen molar-refractivity contribution >= 4 is 5.91 Å². The van der Waals surface area contributed by atoms with Crippen LogP contribution < -0.4 is 5.32 Å². The third kappa shape index (κ3) is 5.81. The summed E-state index contributed by atoms with van der Waals surface area (Å²) in [5.74, 6) is -0.413. The van der Waals surface area contributed by atoms with Gasteiger partial charge in [0.2, 0.25) is 5.91 Å². The van der Waals surface area contributed by atoms with Crippen LogP contribution in [0.15, 0.2) is 24.3 Å². The van der Waals surface area contributed by atoms with E-state index in [1.807, 2.05) is 13.8 Å². The lowest BCUT2D eigenvalue weighted by Crippen LogP contribution is -2.39. The summed E-state index contributed by atoms with van der Waals surface area (Å²) in [6, 6.07) is 5.81. The minimum Gasteiger partial charge on any atom is -0.387 e. The lowest BCUT2D eigenvalue weighted by atomic mass is 10.1. The van der Waals surface area contributed by atoms with Gasteiger partial charge in [0.25, 0.3) is 0 Å². The molecule has 0 fully saturated rings. The number of carbonyl (C=O) groups is 1. The van der Waals surface area contributed by atoms with E-state index >= 15 is 0 Å². The molecule has 1 aromatic rings. The van der Waals surface area contributed by atoms with Gasteiger partial charge in [0.05, 0.1) is 12.6 Å². The van der Waals surface area contributed by atoms with Crippen molar-refractivity contribution in [2.75, 3.05) is 20.1 Å². The molecule has 2 N–H and O–H groups in total. The average molecular weight is 268 g/mol. The lowest BCUT2D eigenvalue weighted by Gasteiger charge is -2.21. The Labute approximate surface area is 113 Å². The molecule has 4 nitrogen and oxygen atoms in total. The van der Waals surface area contributed by atoms with Gasteiger partial charge < -0.3 is 10.4 Å². The van der Waals surface area contributed by atoms with Crippen molar-refractivity contribution in [2.24, 2.45) is 0 Å². The maximum absolute atomic E-state index is 12.8. The summed E-state index contributed by atoms with van der Waals surface area (Å²) in [5, 5.41) is 12.8. The van der Waals surface area contributed by atoms with Crippen LogP contribution in [0.25, 0.3) is 0 Å². The van der Waals surface area contributed by atoms with Gasteiger partial charge in [0, 0.05) is 12.6 Å². The first-order chi connectivity index (χ1) is 8.88. The Kier molecular flexibility index (Phi) is 5.92. The molecule has 0 aromatic heterocycles. The van der Waals surface area contributed by atoms with Gasteiger partial charge in [-0.2, -0.15) is 0 Å². The summed E-state index contributed by atoms with van der Waals surface area (Å²) in [4.78, 5) is 13.3. The molecule has 1 amide bonds. The maximum Gasteiger partial charge on any atom is 0.234 e. The summed E-state index contributed by atoms with van der Waals surface area (Å²) < 4.78 is 12.8. The number of nitrogens with one attached hydrogen (secondary N) is 1. The normalized spacial score (nSPS) is 12.8. The third-order valence-corrected chi connectivity index (χ3v) is 2.60. The molecule has 5 heteroatoms. The molecule has 1 aromatic carbocycles. The molecule has 0 aliphatic rings. The molecule has 106 valence electrons. The number of hydrogen-bond donors (Lipinski definition) is 2. The van der Waals surface area contributed by atoms with Gasteiger partial charge in [-0.3, -0.25) is 9.69 Å². The van der Waals surface area contributed by atoms with Crippen molar-refractivity contribution in [3.8, 4) is 0 Å². The van der Waals surface area contributed by atoms with Gasteiger partial charge in [-0.25, -0.2) is 4.39 Å². The Balaban J connectivity index is 2.45. The molecule has 1 unspecified atom stereocenters. The van der Waals surface area contributed by atoms with Crippen LogP contribution in [-0.2, 0) is 4.79 Å². The zero-order chi connectivity index (χ0) is 14.4. The molecule has 1 rings (SSSR count). The SMILES string of the molecule is CC(C)NC(=O)CN(C)CC(O)c1ccc(F)cc1. The highest BCUT2D eigenvalue weighted by Crippen LogP contribution is 2.14. The summed E-state index contributed by atoms with van der Waals surface area (Å²) in [6.07, 6.45) is -0.738. The summed E-state index contributed by atoms with van der Waals surface area (Å²) in [7, 11) is 1.76. The Bertz CT molecular complexity index is 406. The zero-order valence-electron chi connectivity index (χ0n) is 11.6. The van der Waals surface area contributed by atoms with Crippen molar-refractivity contribution in [3.63, 3.8) is 0 Å². The molecule has 0 saturated heterocycles. The van der Waals surface area contributed by atoms with E-state index in [2.05, 4.69) is 5.32 Å². The predicted octanol–water partition coefficient (Wildman–Crippen LogP) is 1.32. The largest absolute Gasteiger partial charge is 0.387 e. The van der Waals surface area contributed by atoms with Gasteiger partial charge in [-0.1, -0.05) is 12.1 Å². The molecule has 0 radical (unpaired) electrons. The molecule has 0 heterocycles. The predicted molar refractivity (Wildman–Crippen MR) is 72.1 cm³/mol. The van der Waals surface area contributed by atoms with E-state index in [1.165, 1.54) is 12.1 Å². The summed E-state index contributed by atoms with van der Waals surface area (Å²) in [6.45, 7) is 4.32. The van der Waals surface area contributed by atoms with Gasteiger partial charge in [0.1, 0.15) is 5.82 Å². The Hall–Kier alpha value is -1.46. The van der Waals surface area contributed by atoms with E-state index in [4.69, 9.17) is 0 Å². The first kappa shape index (κ1) is 15.6. The highest BCUT2D eigenvalue weighted by molar-refractivity contribution is 5.78. The fourth-order valence-electron chi connectivity index (χ4n) is 1.76. The number of benzene rings is 1. The first-order valence-electron chi connectivity index (χ1n) is 6.30. The number of rotatable bonds is 6. The van der Waals surface area contributed by atoms with Crippen LogP contribution in [0, 0.1) is 5.82 Å². The molecule has 1 atom stereocenters. The number of aliphatic hydroxyl groups is 1. The van der Waals surface area contributed by atoms with Crippen LogP contribution in [0.1, 0.15) is 25.5 Å². The Morgan fingerprint density at radius 1 is 1.37 bits per heavy atom. The Morgan fingerprint density at radius 3 is 2.47 bits per heavy atom. The maximum atomic E-state index is 12.8. The monoisotopic (exact) mass is 268 g/mol. The second-order valence-corrected chi connectivity index (χ2v) is 4.99. The van der Waals surface area contributed by atoms with E-state index in [0.29, 0.717) is 12.1 Å². The van der Waals surface area contributed by atoms with E-state index in [1.54, 1.807) is 24.1 Å². The minimum absolute atomic E-state index is 0.0798. The molecule has 0 saturated carbocycles. The molecular weight excluding hydrogens is 247 g/mol. The van der Waals surface area contributed by atoms with Crippen molar-refractivity contribution in [1.82, 2.24) is 10.2 Å². The van der Waals surface area contributed by atoms with Gasteiger partial charge in [0.15, 0.2) is 0 Å². The quantitative estimate of drug-likeness (QED) is 0.818. The molecule has 0 bridgehead atoms. The fraction of sp³-hybridized carbons (Fsp3) is 0.500. The van der Waals surface area contributed by atoms with Crippen LogP contribution >= 0.6 is 0 Å². The van der Waals surface area contributed by atoms with Gasteiger partial charge >= 0.3 is 0 Å². The number of aliphatic hydroxyl groups excluding tert-OH is 1. The Morgan fingerprint density at radius 2 is 1.95 bits per heavy atom. The summed E-state index contributed by atoms with van der Waals surface area (Å²) in [5.41, 5.74) is 0.637. The second-order valence-electron chi connectivity index (χ2n) is 4.99. The topological polar surface area (TPSA) is 52.6 Å². The number of carbonyl (C=O) groups excluding carboxylic acids is 1. The molecule has 0 aliphatic carbocycles. The number of amides is 1. The molecule has 0 spiro atoms. The lowest BCUT2D eigenvalue weighted by molar-refractivity contribution is -0.122. The number of nitrogens with zero attached hydrogens (tertiary/aromatic N) is 1. The van der Waals surface area contributed by atoms with Crippen LogP contribution in [0.5, 0.6) is 0 Å². The van der Waals surface area contributed by atoms with Crippen LogP contribution in [0.2, 0.25) is 0 Å². The van der Waals surface area contributed by atoms with Crippen LogP contribution in [0.3, 0.4) is 0 Å². The smallest absolute Gasteiger partial charge is 0.234 e. The first-order valence-corrected chi connectivity index (χ1v) is 6.30. The van der Waals surface area contributed by atoms with Crippen molar-refractivity contribution < 1.29 is 14.3 Å². The number of halogens is 1. The highest BCUT2D eigenvalue weighted by atomic mass is 19.1. The van der Waals surface area contributed by atoms with Gasteiger partial charge in [-0.05, 0) is 38.6 Å². The van der Waals surface area contributed by atoms with Crippen LogP contribution in [0.4, 0.5) is 4.39 Å². The van der Waals surface area contributed by atoms with Crippen molar-refractivity contribution in [1.29, 1.82) is 0 Å².